The predicted molar refractivity (Wildman–Crippen MR) is 55.9 cm³/mol. The van der Waals surface area contributed by atoms with Crippen LogP contribution in [0, 0.1) is 5.41 Å². The molecule has 0 heterocycles. The normalized spacial score (nSPS) is 15.8. The third kappa shape index (κ3) is 2.15. The van der Waals surface area contributed by atoms with E-state index in [1.54, 1.807) is 20.8 Å². The quantitative estimate of drug-likeness (QED) is 0.544. The highest BCUT2D eigenvalue weighted by atomic mass is 16.5. The topological polar surface area (TPSA) is 46.5 Å². The second-order valence-electron chi connectivity index (χ2n) is 3.83. The monoisotopic (exact) mass is 200 g/mol. The summed E-state index contributed by atoms with van der Waals surface area (Å²) in [7, 11) is 0. The molecule has 1 unspecified atom stereocenters. The second-order valence-corrected chi connectivity index (χ2v) is 3.83. The van der Waals surface area contributed by atoms with Crippen LogP contribution in [0.5, 0.6) is 0 Å². The van der Waals surface area contributed by atoms with Crippen LogP contribution in [-0.2, 0) is 9.53 Å². The molecule has 0 saturated heterocycles. The molecule has 0 saturated carbocycles. The van der Waals surface area contributed by atoms with E-state index in [2.05, 4.69) is 6.58 Å². The van der Waals surface area contributed by atoms with Crippen molar-refractivity contribution in [2.45, 2.75) is 39.7 Å². The minimum atomic E-state index is -1.21. The van der Waals surface area contributed by atoms with Crippen LogP contribution in [0.1, 0.15) is 34.1 Å². The van der Waals surface area contributed by atoms with E-state index in [1.807, 2.05) is 6.92 Å². The Hall–Kier alpha value is -0.830. The fourth-order valence-electron chi connectivity index (χ4n) is 1.33. The fourth-order valence-corrected chi connectivity index (χ4v) is 1.33. The molecule has 0 aliphatic rings. The SMILES string of the molecule is C=CC(O)(CC)C(C)(C)C(=O)OCC. The standard InChI is InChI=1S/C11H20O3/c1-6-11(13,7-2)10(4,5)9(12)14-8-3/h6,13H,1,7-8H2,2-5H3. The first-order chi connectivity index (χ1) is 6.35. The minimum Gasteiger partial charge on any atom is -0.465 e. The van der Waals surface area contributed by atoms with Gasteiger partial charge in [0.25, 0.3) is 0 Å². The Labute approximate surface area is 85.8 Å². The molecule has 0 aromatic carbocycles. The van der Waals surface area contributed by atoms with Crippen LogP contribution in [0.3, 0.4) is 0 Å². The summed E-state index contributed by atoms with van der Waals surface area (Å²) in [4.78, 5) is 11.6. The Morgan fingerprint density at radius 2 is 2.00 bits per heavy atom. The van der Waals surface area contributed by atoms with Gasteiger partial charge in [-0.1, -0.05) is 13.0 Å². The number of carbonyl (C=O) groups is 1. The lowest BCUT2D eigenvalue weighted by Gasteiger charge is -2.37. The van der Waals surface area contributed by atoms with E-state index in [0.717, 1.165) is 0 Å². The Morgan fingerprint density at radius 3 is 2.29 bits per heavy atom. The maximum absolute atomic E-state index is 11.6. The van der Waals surface area contributed by atoms with Gasteiger partial charge in [-0.3, -0.25) is 4.79 Å². The van der Waals surface area contributed by atoms with Crippen molar-refractivity contribution < 1.29 is 14.6 Å². The maximum atomic E-state index is 11.6. The summed E-state index contributed by atoms with van der Waals surface area (Å²) in [6, 6.07) is 0. The highest BCUT2D eigenvalue weighted by molar-refractivity contribution is 5.78. The van der Waals surface area contributed by atoms with Crippen LogP contribution >= 0.6 is 0 Å². The first-order valence-corrected chi connectivity index (χ1v) is 4.89. The number of carbonyl (C=O) groups excluding carboxylic acids is 1. The molecule has 0 rings (SSSR count). The highest BCUT2D eigenvalue weighted by Gasteiger charge is 2.46. The number of hydrogen-bond acceptors (Lipinski definition) is 3. The van der Waals surface area contributed by atoms with Crippen molar-refractivity contribution >= 4 is 5.97 Å². The van der Waals surface area contributed by atoms with E-state index in [9.17, 15) is 9.90 Å². The summed E-state index contributed by atoms with van der Waals surface area (Å²) in [5, 5.41) is 10.1. The molecule has 0 fully saturated rings. The zero-order valence-corrected chi connectivity index (χ0v) is 9.46. The van der Waals surface area contributed by atoms with Gasteiger partial charge in [0, 0.05) is 0 Å². The van der Waals surface area contributed by atoms with Crippen molar-refractivity contribution in [3.63, 3.8) is 0 Å². The summed E-state index contributed by atoms with van der Waals surface area (Å²) in [5.74, 6) is -0.399. The zero-order valence-electron chi connectivity index (χ0n) is 9.46. The molecule has 0 radical (unpaired) electrons. The first kappa shape index (κ1) is 13.2. The van der Waals surface area contributed by atoms with E-state index in [4.69, 9.17) is 4.74 Å². The predicted octanol–water partition coefficient (Wildman–Crippen LogP) is 1.90. The van der Waals surface area contributed by atoms with Crippen LogP contribution < -0.4 is 0 Å². The molecule has 82 valence electrons. The molecule has 0 aromatic rings. The van der Waals surface area contributed by atoms with Crippen molar-refractivity contribution in [3.05, 3.63) is 12.7 Å². The Morgan fingerprint density at radius 1 is 1.50 bits per heavy atom. The average molecular weight is 200 g/mol. The van der Waals surface area contributed by atoms with E-state index in [1.165, 1.54) is 6.08 Å². The lowest BCUT2D eigenvalue weighted by atomic mass is 9.73. The molecule has 0 aliphatic heterocycles. The molecule has 3 nitrogen and oxygen atoms in total. The molecule has 0 aromatic heterocycles. The van der Waals surface area contributed by atoms with E-state index in [-0.39, 0.29) is 0 Å². The van der Waals surface area contributed by atoms with Gasteiger partial charge in [0.1, 0.15) is 0 Å². The molecule has 0 amide bonds. The molecule has 0 aliphatic carbocycles. The number of rotatable bonds is 5. The van der Waals surface area contributed by atoms with Crippen LogP contribution in [0.15, 0.2) is 12.7 Å². The van der Waals surface area contributed by atoms with Gasteiger partial charge in [-0.05, 0) is 27.2 Å². The number of hydrogen-bond donors (Lipinski definition) is 1. The van der Waals surface area contributed by atoms with Gasteiger partial charge < -0.3 is 9.84 Å². The first-order valence-electron chi connectivity index (χ1n) is 4.89. The minimum absolute atomic E-state index is 0.319. The third-order valence-corrected chi connectivity index (χ3v) is 2.74. The summed E-state index contributed by atoms with van der Waals surface area (Å²) in [6.45, 7) is 10.8. The number of aliphatic hydroxyl groups is 1. The Kier molecular flexibility index (Phi) is 4.33. The van der Waals surface area contributed by atoms with Crippen molar-refractivity contribution in [1.82, 2.24) is 0 Å². The summed E-state index contributed by atoms with van der Waals surface area (Å²) in [6.07, 6.45) is 1.84. The van der Waals surface area contributed by atoms with Crippen molar-refractivity contribution in [2.24, 2.45) is 5.41 Å². The highest BCUT2D eigenvalue weighted by Crippen LogP contribution is 2.35. The summed E-state index contributed by atoms with van der Waals surface area (Å²) < 4.78 is 4.91. The van der Waals surface area contributed by atoms with Crippen molar-refractivity contribution in [3.8, 4) is 0 Å². The molecule has 1 atom stereocenters. The summed E-state index contributed by atoms with van der Waals surface area (Å²) in [5.41, 5.74) is -2.17. The lowest BCUT2D eigenvalue weighted by molar-refractivity contribution is -0.166. The van der Waals surface area contributed by atoms with E-state index >= 15 is 0 Å². The van der Waals surface area contributed by atoms with Crippen molar-refractivity contribution in [1.29, 1.82) is 0 Å². The van der Waals surface area contributed by atoms with E-state index < -0.39 is 17.0 Å². The Bertz CT molecular complexity index is 221. The van der Waals surface area contributed by atoms with Crippen LogP contribution in [0.2, 0.25) is 0 Å². The van der Waals surface area contributed by atoms with Crippen LogP contribution in [0.25, 0.3) is 0 Å². The number of ether oxygens (including phenoxy) is 1. The molecular weight excluding hydrogens is 180 g/mol. The fraction of sp³-hybridized carbons (Fsp3) is 0.727. The molecule has 3 heteroatoms. The lowest BCUT2D eigenvalue weighted by Crippen LogP contribution is -2.48. The molecule has 0 bridgehead atoms. The van der Waals surface area contributed by atoms with E-state index in [0.29, 0.717) is 13.0 Å². The zero-order chi connectivity index (χ0) is 11.4. The van der Waals surface area contributed by atoms with Gasteiger partial charge >= 0.3 is 5.97 Å². The van der Waals surface area contributed by atoms with Gasteiger partial charge in [-0.15, -0.1) is 6.58 Å². The average Bonchev–Trinajstić information content (AvgIpc) is 2.16. The summed E-state index contributed by atoms with van der Waals surface area (Å²) >= 11 is 0. The third-order valence-electron chi connectivity index (χ3n) is 2.74. The molecule has 14 heavy (non-hydrogen) atoms. The van der Waals surface area contributed by atoms with Gasteiger partial charge in [-0.2, -0.15) is 0 Å². The number of esters is 1. The van der Waals surface area contributed by atoms with Crippen LogP contribution in [0.4, 0.5) is 0 Å². The second kappa shape index (κ2) is 4.60. The largest absolute Gasteiger partial charge is 0.465 e. The Balaban J connectivity index is 4.90. The van der Waals surface area contributed by atoms with Gasteiger partial charge in [0.05, 0.1) is 17.6 Å². The molecular formula is C11H20O3. The molecule has 1 N–H and O–H groups in total. The molecule has 0 spiro atoms. The van der Waals surface area contributed by atoms with Crippen LogP contribution in [-0.4, -0.2) is 23.3 Å². The smallest absolute Gasteiger partial charge is 0.314 e. The maximum Gasteiger partial charge on any atom is 0.314 e. The van der Waals surface area contributed by atoms with Gasteiger partial charge in [-0.25, -0.2) is 0 Å². The van der Waals surface area contributed by atoms with Gasteiger partial charge in [0.15, 0.2) is 0 Å². The van der Waals surface area contributed by atoms with Gasteiger partial charge in [0.2, 0.25) is 0 Å². The van der Waals surface area contributed by atoms with Crippen molar-refractivity contribution in [2.75, 3.05) is 6.61 Å².